The van der Waals surface area contributed by atoms with Crippen molar-refractivity contribution in [1.82, 2.24) is 10.6 Å². The summed E-state index contributed by atoms with van der Waals surface area (Å²) in [4.78, 5) is 36.1. The summed E-state index contributed by atoms with van der Waals surface area (Å²) in [5, 5.41) is 5.48. The van der Waals surface area contributed by atoms with E-state index >= 15 is 0 Å². The third kappa shape index (κ3) is 17.1. The second kappa shape index (κ2) is 17.0. The number of esters is 1. The van der Waals surface area contributed by atoms with Crippen LogP contribution in [0.15, 0.2) is 46.6 Å². The Hall–Kier alpha value is -2.63. The van der Waals surface area contributed by atoms with Crippen LogP contribution in [0.1, 0.15) is 80.6 Å². The quantitative estimate of drug-likeness (QED) is 0.293. The summed E-state index contributed by atoms with van der Waals surface area (Å²) in [7, 11) is 0. The largest absolute Gasteiger partial charge is 0.452 e. The van der Waals surface area contributed by atoms with E-state index in [1.54, 1.807) is 0 Å². The fourth-order valence-electron chi connectivity index (χ4n) is 2.79. The van der Waals surface area contributed by atoms with E-state index in [1.165, 1.54) is 23.6 Å². The third-order valence-electron chi connectivity index (χ3n) is 4.63. The molecule has 1 atom stereocenters. The summed E-state index contributed by atoms with van der Waals surface area (Å²) in [5.74, 6) is -1.41. The minimum Gasteiger partial charge on any atom is -0.452 e. The molecule has 1 unspecified atom stereocenters. The van der Waals surface area contributed by atoms with E-state index in [4.69, 9.17) is 4.74 Å². The molecule has 0 aromatic rings. The van der Waals surface area contributed by atoms with Crippen LogP contribution in [0.4, 0.5) is 0 Å². The molecule has 2 N–H and O–H groups in total. The van der Waals surface area contributed by atoms with Gasteiger partial charge in [-0.25, -0.2) is 0 Å². The minimum absolute atomic E-state index is 0.209. The Kier molecular flexibility index (Phi) is 15.6. The normalized spacial score (nSPS) is 12.5. The van der Waals surface area contributed by atoms with Crippen LogP contribution < -0.4 is 10.6 Å². The average Bonchev–Trinajstić information content (AvgIpc) is 2.66. The predicted octanol–water partition coefficient (Wildman–Crippen LogP) is 4.93. The zero-order chi connectivity index (χ0) is 24.5. The van der Waals surface area contributed by atoms with Crippen molar-refractivity contribution < 1.29 is 19.1 Å². The van der Waals surface area contributed by atoms with Crippen molar-refractivity contribution in [2.24, 2.45) is 0 Å². The summed E-state index contributed by atoms with van der Waals surface area (Å²) < 4.78 is 5.07. The van der Waals surface area contributed by atoms with E-state index < -0.39 is 18.0 Å². The van der Waals surface area contributed by atoms with Gasteiger partial charge in [0.2, 0.25) is 5.91 Å². The van der Waals surface area contributed by atoms with Gasteiger partial charge in [0.1, 0.15) is 0 Å². The number of hydrogen-bond acceptors (Lipinski definition) is 4. The number of allylic oxidation sites excluding steroid dienone is 6. The molecule has 0 aliphatic carbocycles. The van der Waals surface area contributed by atoms with Gasteiger partial charge in [0, 0.05) is 20.0 Å². The van der Waals surface area contributed by atoms with Crippen molar-refractivity contribution in [1.29, 1.82) is 0 Å². The molecule has 0 heterocycles. The highest BCUT2D eigenvalue weighted by Crippen LogP contribution is 2.07. The summed E-state index contributed by atoms with van der Waals surface area (Å²) in [6.45, 7) is 14.2. The second-order valence-corrected chi connectivity index (χ2v) is 8.59. The fourth-order valence-corrected chi connectivity index (χ4v) is 2.79. The Labute approximate surface area is 194 Å². The van der Waals surface area contributed by atoms with E-state index in [9.17, 15) is 14.4 Å². The number of nitrogens with one attached hydrogen (secondary N) is 2. The van der Waals surface area contributed by atoms with Gasteiger partial charge in [-0.2, -0.15) is 0 Å². The van der Waals surface area contributed by atoms with Crippen molar-refractivity contribution in [3.05, 3.63) is 46.6 Å². The molecule has 32 heavy (non-hydrogen) atoms. The molecule has 180 valence electrons. The molecule has 0 radical (unpaired) electrons. The summed E-state index contributed by atoms with van der Waals surface area (Å²) in [6.07, 6.45) is 10.7. The van der Waals surface area contributed by atoms with Crippen LogP contribution >= 0.6 is 0 Å². The van der Waals surface area contributed by atoms with Crippen LogP contribution in [0.25, 0.3) is 0 Å². The Morgan fingerprint density at radius 1 is 0.719 bits per heavy atom. The number of rotatable bonds is 14. The van der Waals surface area contributed by atoms with E-state index in [2.05, 4.69) is 50.5 Å². The van der Waals surface area contributed by atoms with Crippen LogP contribution in [-0.2, 0) is 19.1 Å². The van der Waals surface area contributed by atoms with Crippen LogP contribution in [0.5, 0.6) is 0 Å². The van der Waals surface area contributed by atoms with Crippen molar-refractivity contribution in [2.45, 2.75) is 86.7 Å². The number of carbonyl (C=O) groups is 3. The first-order valence-corrected chi connectivity index (χ1v) is 11.3. The molecule has 0 fully saturated rings. The molecule has 0 aliphatic heterocycles. The smallest absolute Gasteiger partial charge is 0.303 e. The van der Waals surface area contributed by atoms with Crippen LogP contribution in [0.2, 0.25) is 0 Å². The lowest BCUT2D eigenvalue weighted by Gasteiger charge is -2.16. The fraction of sp³-hybridized carbons (Fsp3) is 0.577. The lowest BCUT2D eigenvalue weighted by Crippen LogP contribution is -2.41. The molecule has 0 aliphatic rings. The summed E-state index contributed by atoms with van der Waals surface area (Å²) >= 11 is 0. The van der Waals surface area contributed by atoms with E-state index in [0.717, 1.165) is 31.3 Å². The molecule has 0 aromatic heterocycles. The zero-order valence-corrected chi connectivity index (χ0v) is 21.0. The van der Waals surface area contributed by atoms with Crippen LogP contribution in [0, 0.1) is 0 Å². The first kappa shape index (κ1) is 29.4. The van der Waals surface area contributed by atoms with Gasteiger partial charge < -0.3 is 15.4 Å². The van der Waals surface area contributed by atoms with Crippen LogP contribution in [0.3, 0.4) is 0 Å². The molecule has 0 saturated heterocycles. The average molecular weight is 447 g/mol. The Morgan fingerprint density at radius 2 is 1.19 bits per heavy atom. The molecule has 6 nitrogen and oxygen atoms in total. The second-order valence-electron chi connectivity index (χ2n) is 8.59. The highest BCUT2D eigenvalue weighted by atomic mass is 16.5. The molecule has 2 amide bonds. The van der Waals surface area contributed by atoms with Crippen molar-refractivity contribution in [3.63, 3.8) is 0 Å². The summed E-state index contributed by atoms with van der Waals surface area (Å²) in [5.41, 5.74) is 4.92. The van der Waals surface area contributed by atoms with Gasteiger partial charge in [-0.1, -0.05) is 46.6 Å². The SMILES string of the molecule is CC(=O)OC(CC(=O)NCC=C(C)CCC=C(C)C)C(=O)NCC=C(C)CCC=C(C)C. The molecule has 0 spiro atoms. The molecule has 0 aromatic carbocycles. The predicted molar refractivity (Wildman–Crippen MR) is 131 cm³/mol. The highest BCUT2D eigenvalue weighted by molar-refractivity contribution is 5.89. The molecule has 0 saturated carbocycles. The highest BCUT2D eigenvalue weighted by Gasteiger charge is 2.24. The monoisotopic (exact) mass is 446 g/mol. The number of hydrogen-bond donors (Lipinski definition) is 2. The van der Waals surface area contributed by atoms with Crippen molar-refractivity contribution in [2.75, 3.05) is 13.1 Å². The molecular formula is C26H42N2O4. The Morgan fingerprint density at radius 3 is 1.62 bits per heavy atom. The van der Waals surface area contributed by atoms with Gasteiger partial charge >= 0.3 is 5.97 Å². The lowest BCUT2D eigenvalue weighted by molar-refractivity contribution is -0.155. The Bertz CT molecular complexity index is 737. The van der Waals surface area contributed by atoms with Gasteiger partial charge in [0.25, 0.3) is 5.91 Å². The molecule has 0 bridgehead atoms. The lowest BCUT2D eigenvalue weighted by atomic mass is 10.1. The third-order valence-corrected chi connectivity index (χ3v) is 4.63. The van der Waals surface area contributed by atoms with Crippen molar-refractivity contribution >= 4 is 17.8 Å². The van der Waals surface area contributed by atoms with E-state index in [0.29, 0.717) is 13.1 Å². The maximum absolute atomic E-state index is 12.4. The number of carbonyl (C=O) groups excluding carboxylic acids is 3. The first-order chi connectivity index (χ1) is 15.0. The van der Waals surface area contributed by atoms with Gasteiger partial charge in [0.05, 0.1) is 6.42 Å². The zero-order valence-electron chi connectivity index (χ0n) is 21.0. The van der Waals surface area contributed by atoms with Crippen LogP contribution in [-0.4, -0.2) is 37.0 Å². The van der Waals surface area contributed by atoms with Crippen molar-refractivity contribution in [3.8, 4) is 0 Å². The Balaban J connectivity index is 4.59. The van der Waals surface area contributed by atoms with Gasteiger partial charge in [-0.15, -0.1) is 0 Å². The summed E-state index contributed by atoms with van der Waals surface area (Å²) in [6, 6.07) is 0. The van der Waals surface area contributed by atoms with E-state index in [-0.39, 0.29) is 12.3 Å². The number of amides is 2. The first-order valence-electron chi connectivity index (χ1n) is 11.3. The minimum atomic E-state index is -1.14. The van der Waals surface area contributed by atoms with Gasteiger partial charge in [-0.3, -0.25) is 14.4 Å². The van der Waals surface area contributed by atoms with E-state index in [1.807, 2.05) is 26.0 Å². The molecular weight excluding hydrogens is 404 g/mol. The number of ether oxygens (including phenoxy) is 1. The standard InChI is InChI=1S/C26H42N2O4/c1-19(2)10-8-12-21(5)14-16-27-25(30)18-24(32-23(7)29)26(31)28-17-15-22(6)13-9-11-20(3)4/h10-11,14-15,24H,8-9,12-13,16-18H2,1-7H3,(H,27,30)(H,28,31). The topological polar surface area (TPSA) is 84.5 Å². The molecule has 0 rings (SSSR count). The van der Waals surface area contributed by atoms with Gasteiger partial charge in [-0.05, 0) is 67.2 Å². The maximum atomic E-state index is 12.4. The molecule has 6 heteroatoms. The maximum Gasteiger partial charge on any atom is 0.303 e. The van der Waals surface area contributed by atoms with Gasteiger partial charge in [0.15, 0.2) is 6.10 Å².